The molecule has 1 rings (SSSR count). The van der Waals surface area contributed by atoms with Crippen molar-refractivity contribution >= 4 is 23.2 Å². The van der Waals surface area contributed by atoms with Crippen LogP contribution in [0.15, 0.2) is 17.5 Å². The minimum Gasteiger partial charge on any atom is -0.481 e. The molecule has 0 unspecified atom stereocenters. The highest BCUT2D eigenvalue weighted by molar-refractivity contribution is 7.09. The first-order valence-corrected chi connectivity index (χ1v) is 6.65. The third kappa shape index (κ3) is 6.36. The summed E-state index contributed by atoms with van der Waals surface area (Å²) in [5.41, 5.74) is 0. The molecule has 2 N–H and O–H groups in total. The van der Waals surface area contributed by atoms with E-state index in [2.05, 4.69) is 5.32 Å². The molecule has 1 heterocycles. The van der Waals surface area contributed by atoms with E-state index in [-0.39, 0.29) is 18.9 Å². The van der Waals surface area contributed by atoms with Crippen LogP contribution in [0.25, 0.3) is 0 Å². The quantitative estimate of drug-likeness (QED) is 0.733. The van der Waals surface area contributed by atoms with Crippen LogP contribution in [0.3, 0.4) is 0 Å². The van der Waals surface area contributed by atoms with Gasteiger partial charge in [0.2, 0.25) is 5.91 Å². The number of carboxylic acids is 1. The Hall–Kier alpha value is -1.40. The predicted molar refractivity (Wildman–Crippen MR) is 70.8 cm³/mol. The van der Waals surface area contributed by atoms with Gasteiger partial charge in [0.1, 0.15) is 0 Å². The molecule has 0 radical (unpaired) electrons. The molecule has 0 aliphatic rings. The molecule has 0 aromatic carbocycles. The van der Waals surface area contributed by atoms with Gasteiger partial charge in [0, 0.05) is 18.0 Å². The van der Waals surface area contributed by atoms with Crippen LogP contribution >= 0.6 is 11.3 Å². The first-order chi connectivity index (χ1) is 8.58. The van der Waals surface area contributed by atoms with E-state index in [0.717, 1.165) is 6.42 Å². The van der Waals surface area contributed by atoms with Crippen molar-refractivity contribution < 1.29 is 14.7 Å². The molecule has 0 aliphatic heterocycles. The standard InChI is InChI=1S/C12H18N2O3S/c1-14(7-5-12(16)17)9-11(15)13-6-4-10-3-2-8-18-10/h2-3,8H,4-7,9H2,1H3,(H,13,15)(H,16,17). The number of thiophene rings is 1. The summed E-state index contributed by atoms with van der Waals surface area (Å²) in [4.78, 5) is 24.8. The maximum Gasteiger partial charge on any atom is 0.304 e. The van der Waals surface area contributed by atoms with E-state index in [1.807, 2.05) is 17.5 Å². The van der Waals surface area contributed by atoms with E-state index < -0.39 is 5.97 Å². The smallest absolute Gasteiger partial charge is 0.304 e. The summed E-state index contributed by atoms with van der Waals surface area (Å²) in [6.07, 6.45) is 0.890. The van der Waals surface area contributed by atoms with Crippen molar-refractivity contribution in [1.29, 1.82) is 0 Å². The molecule has 1 aromatic rings. The zero-order chi connectivity index (χ0) is 13.4. The van der Waals surface area contributed by atoms with Gasteiger partial charge in [-0.05, 0) is 24.9 Å². The number of carbonyl (C=O) groups excluding carboxylic acids is 1. The number of amides is 1. The SMILES string of the molecule is CN(CCC(=O)O)CC(=O)NCCc1cccs1. The molecule has 1 amide bonds. The predicted octanol–water partition coefficient (Wildman–Crippen LogP) is 0.813. The third-order valence-electron chi connectivity index (χ3n) is 2.39. The van der Waals surface area contributed by atoms with E-state index in [9.17, 15) is 9.59 Å². The van der Waals surface area contributed by atoms with Crippen molar-refractivity contribution in [3.05, 3.63) is 22.4 Å². The molecular formula is C12H18N2O3S. The Bertz CT molecular complexity index is 379. The number of aliphatic carboxylic acids is 1. The molecule has 5 nitrogen and oxygen atoms in total. The Morgan fingerprint density at radius 1 is 1.50 bits per heavy atom. The van der Waals surface area contributed by atoms with E-state index in [1.165, 1.54) is 4.88 Å². The van der Waals surface area contributed by atoms with Gasteiger partial charge >= 0.3 is 5.97 Å². The molecule has 0 aliphatic carbocycles. The van der Waals surface area contributed by atoms with Crippen LogP contribution in [0, 0.1) is 0 Å². The zero-order valence-corrected chi connectivity index (χ0v) is 11.2. The fourth-order valence-electron chi connectivity index (χ4n) is 1.45. The molecule has 6 heteroatoms. The fraction of sp³-hybridized carbons (Fsp3) is 0.500. The summed E-state index contributed by atoms with van der Waals surface area (Å²) in [5.74, 6) is -0.917. The number of likely N-dealkylation sites (N-methyl/N-ethyl adjacent to an activating group) is 1. The summed E-state index contributed by atoms with van der Waals surface area (Å²) in [6.45, 7) is 1.23. The Labute approximate surface area is 110 Å². The minimum absolute atomic E-state index is 0.0545. The van der Waals surface area contributed by atoms with E-state index in [4.69, 9.17) is 5.11 Å². The first-order valence-electron chi connectivity index (χ1n) is 5.77. The van der Waals surface area contributed by atoms with E-state index >= 15 is 0 Å². The molecule has 0 saturated heterocycles. The largest absolute Gasteiger partial charge is 0.481 e. The summed E-state index contributed by atoms with van der Waals surface area (Å²) >= 11 is 1.67. The Balaban J connectivity index is 2.11. The Morgan fingerprint density at radius 3 is 2.89 bits per heavy atom. The second kappa shape index (κ2) is 7.84. The zero-order valence-electron chi connectivity index (χ0n) is 10.4. The minimum atomic E-state index is -0.847. The Kier molecular flexibility index (Phi) is 6.38. The van der Waals surface area contributed by atoms with Gasteiger partial charge in [0.05, 0.1) is 13.0 Å². The maximum atomic E-state index is 11.5. The van der Waals surface area contributed by atoms with Gasteiger partial charge in [-0.15, -0.1) is 11.3 Å². The number of carboxylic acid groups (broad SMARTS) is 1. The van der Waals surface area contributed by atoms with Crippen molar-refractivity contribution in [1.82, 2.24) is 10.2 Å². The molecule has 0 atom stereocenters. The molecular weight excluding hydrogens is 252 g/mol. The van der Waals surface area contributed by atoms with Crippen LogP contribution in [0.4, 0.5) is 0 Å². The highest BCUT2D eigenvalue weighted by Gasteiger charge is 2.07. The van der Waals surface area contributed by atoms with Crippen LogP contribution in [-0.2, 0) is 16.0 Å². The molecule has 18 heavy (non-hydrogen) atoms. The van der Waals surface area contributed by atoms with Crippen LogP contribution in [0.2, 0.25) is 0 Å². The van der Waals surface area contributed by atoms with Crippen LogP contribution in [0.5, 0.6) is 0 Å². The lowest BCUT2D eigenvalue weighted by Gasteiger charge is -2.14. The molecule has 0 bridgehead atoms. The average molecular weight is 270 g/mol. The second-order valence-electron chi connectivity index (χ2n) is 4.06. The number of nitrogens with zero attached hydrogens (tertiary/aromatic N) is 1. The summed E-state index contributed by atoms with van der Waals surface area (Å²) < 4.78 is 0. The van der Waals surface area contributed by atoms with Gasteiger partial charge in [-0.25, -0.2) is 0 Å². The van der Waals surface area contributed by atoms with Crippen molar-refractivity contribution in [2.45, 2.75) is 12.8 Å². The lowest BCUT2D eigenvalue weighted by molar-refractivity contribution is -0.137. The summed E-state index contributed by atoms with van der Waals surface area (Å²) in [6, 6.07) is 4.03. The van der Waals surface area contributed by atoms with Crippen LogP contribution in [-0.4, -0.2) is 48.6 Å². The highest BCUT2D eigenvalue weighted by atomic mass is 32.1. The van der Waals surface area contributed by atoms with E-state index in [1.54, 1.807) is 23.3 Å². The fourth-order valence-corrected chi connectivity index (χ4v) is 2.16. The van der Waals surface area contributed by atoms with Crippen molar-refractivity contribution in [3.8, 4) is 0 Å². The van der Waals surface area contributed by atoms with Gasteiger partial charge in [-0.2, -0.15) is 0 Å². The van der Waals surface area contributed by atoms with Gasteiger partial charge in [-0.1, -0.05) is 6.07 Å². The van der Waals surface area contributed by atoms with Gasteiger partial charge in [0.15, 0.2) is 0 Å². The number of hydrogen-bond donors (Lipinski definition) is 2. The summed E-state index contributed by atoms with van der Waals surface area (Å²) in [7, 11) is 1.74. The molecule has 0 spiro atoms. The number of carbonyl (C=O) groups is 2. The van der Waals surface area contributed by atoms with Gasteiger partial charge < -0.3 is 10.4 Å². The van der Waals surface area contributed by atoms with Crippen molar-refractivity contribution in [3.63, 3.8) is 0 Å². The Morgan fingerprint density at radius 2 is 2.28 bits per heavy atom. The highest BCUT2D eigenvalue weighted by Crippen LogP contribution is 2.07. The van der Waals surface area contributed by atoms with Crippen molar-refractivity contribution in [2.24, 2.45) is 0 Å². The monoisotopic (exact) mass is 270 g/mol. The third-order valence-corrected chi connectivity index (χ3v) is 3.33. The van der Waals surface area contributed by atoms with E-state index in [0.29, 0.717) is 13.1 Å². The number of nitrogens with one attached hydrogen (secondary N) is 1. The molecule has 0 saturated carbocycles. The van der Waals surface area contributed by atoms with Crippen LogP contribution < -0.4 is 5.32 Å². The maximum absolute atomic E-state index is 11.5. The lowest BCUT2D eigenvalue weighted by Crippen LogP contribution is -2.36. The number of hydrogen-bond acceptors (Lipinski definition) is 4. The van der Waals surface area contributed by atoms with Gasteiger partial charge in [-0.3, -0.25) is 14.5 Å². The average Bonchev–Trinajstić information content (AvgIpc) is 2.79. The van der Waals surface area contributed by atoms with Crippen molar-refractivity contribution in [2.75, 3.05) is 26.7 Å². The normalized spacial score (nSPS) is 10.6. The molecule has 100 valence electrons. The van der Waals surface area contributed by atoms with Crippen LogP contribution in [0.1, 0.15) is 11.3 Å². The topological polar surface area (TPSA) is 69.6 Å². The van der Waals surface area contributed by atoms with Gasteiger partial charge in [0.25, 0.3) is 0 Å². The lowest BCUT2D eigenvalue weighted by atomic mass is 10.3. The first kappa shape index (κ1) is 14.7. The molecule has 1 aromatic heterocycles. The number of rotatable bonds is 8. The molecule has 0 fully saturated rings. The summed E-state index contributed by atoms with van der Waals surface area (Å²) in [5, 5.41) is 13.3. The second-order valence-corrected chi connectivity index (χ2v) is 5.09.